The Morgan fingerprint density at radius 2 is 1.95 bits per heavy atom. The van der Waals surface area contributed by atoms with Crippen LogP contribution in [-0.4, -0.2) is 28.6 Å². The lowest BCUT2D eigenvalue weighted by atomic mass is 10.3. The van der Waals surface area contributed by atoms with Gasteiger partial charge in [0.05, 0.1) is 15.8 Å². The summed E-state index contributed by atoms with van der Waals surface area (Å²) < 4.78 is 24.7. The lowest BCUT2D eigenvalue weighted by Crippen LogP contribution is -2.10. The maximum atomic E-state index is 12.4. The zero-order chi connectivity index (χ0) is 14.2. The summed E-state index contributed by atoms with van der Waals surface area (Å²) in [7, 11) is -3.29. The molecule has 0 unspecified atom stereocenters. The van der Waals surface area contributed by atoms with E-state index < -0.39 is 9.84 Å². The predicted octanol–water partition coefficient (Wildman–Crippen LogP) is 2.20. The summed E-state index contributed by atoms with van der Waals surface area (Å²) in [5.41, 5.74) is 0.446. The second kappa shape index (κ2) is 4.99. The monoisotopic (exact) mass is 310 g/mol. The highest BCUT2D eigenvalue weighted by atomic mass is 35.5. The van der Waals surface area contributed by atoms with Crippen LogP contribution >= 0.6 is 11.6 Å². The first-order valence-electron chi connectivity index (χ1n) is 6.02. The number of para-hydroxylation sites is 1. The van der Waals surface area contributed by atoms with Gasteiger partial charge in [-0.25, -0.2) is 18.4 Å². The van der Waals surface area contributed by atoms with Crippen molar-refractivity contribution in [3.8, 4) is 0 Å². The van der Waals surface area contributed by atoms with Gasteiger partial charge >= 0.3 is 0 Å². The number of anilines is 2. The van der Waals surface area contributed by atoms with Crippen molar-refractivity contribution in [1.29, 1.82) is 0 Å². The van der Waals surface area contributed by atoms with Gasteiger partial charge in [-0.15, -0.1) is 0 Å². The van der Waals surface area contributed by atoms with Crippen molar-refractivity contribution < 1.29 is 8.42 Å². The van der Waals surface area contributed by atoms with Crippen LogP contribution in [0.1, 0.15) is 12.8 Å². The fourth-order valence-electron chi connectivity index (χ4n) is 1.83. The Bertz CT molecular complexity index is 747. The van der Waals surface area contributed by atoms with Crippen molar-refractivity contribution in [2.45, 2.75) is 23.0 Å². The smallest absolute Gasteiger partial charge is 0.231 e. The van der Waals surface area contributed by atoms with E-state index in [1.54, 1.807) is 24.3 Å². The van der Waals surface area contributed by atoms with E-state index in [0.29, 0.717) is 18.5 Å². The molecule has 8 heteroatoms. The normalized spacial score (nSPS) is 15.1. The SMILES string of the molecule is O=S(=O)(c1ccccc1Nc1ncnc(Cl)n1)C1CC1. The molecule has 1 aromatic heterocycles. The van der Waals surface area contributed by atoms with E-state index in [2.05, 4.69) is 20.3 Å². The molecule has 0 saturated heterocycles. The molecule has 0 aliphatic heterocycles. The number of aromatic nitrogens is 3. The summed E-state index contributed by atoms with van der Waals surface area (Å²) in [6.07, 6.45) is 2.69. The molecule has 0 bridgehead atoms. The maximum absolute atomic E-state index is 12.4. The number of halogens is 1. The molecule has 20 heavy (non-hydrogen) atoms. The molecule has 1 aliphatic rings. The molecular weight excluding hydrogens is 300 g/mol. The number of nitrogens with one attached hydrogen (secondary N) is 1. The molecule has 0 radical (unpaired) electrons. The summed E-state index contributed by atoms with van der Waals surface area (Å²) in [4.78, 5) is 11.7. The van der Waals surface area contributed by atoms with Gasteiger partial charge in [0.25, 0.3) is 0 Å². The highest BCUT2D eigenvalue weighted by molar-refractivity contribution is 7.92. The van der Waals surface area contributed by atoms with E-state index in [-0.39, 0.29) is 21.4 Å². The molecule has 0 spiro atoms. The van der Waals surface area contributed by atoms with Gasteiger partial charge in [-0.3, -0.25) is 0 Å². The third-order valence-electron chi connectivity index (χ3n) is 2.95. The van der Waals surface area contributed by atoms with Crippen molar-refractivity contribution in [3.63, 3.8) is 0 Å². The first-order valence-corrected chi connectivity index (χ1v) is 7.94. The molecule has 1 saturated carbocycles. The molecule has 1 aromatic carbocycles. The van der Waals surface area contributed by atoms with E-state index in [9.17, 15) is 8.42 Å². The largest absolute Gasteiger partial charge is 0.323 e. The van der Waals surface area contributed by atoms with Gasteiger partial charge in [0.2, 0.25) is 11.2 Å². The zero-order valence-corrected chi connectivity index (χ0v) is 11.9. The van der Waals surface area contributed by atoms with Crippen LogP contribution in [0.25, 0.3) is 0 Å². The van der Waals surface area contributed by atoms with E-state index in [4.69, 9.17) is 11.6 Å². The van der Waals surface area contributed by atoms with Gasteiger partial charge < -0.3 is 5.32 Å². The Kier molecular flexibility index (Phi) is 3.31. The van der Waals surface area contributed by atoms with Crippen LogP contribution in [0.2, 0.25) is 5.28 Å². The average molecular weight is 311 g/mol. The fraction of sp³-hybridized carbons (Fsp3) is 0.250. The third kappa shape index (κ3) is 2.59. The molecular formula is C12H11ClN4O2S. The molecule has 1 N–H and O–H groups in total. The second-order valence-corrected chi connectivity index (χ2v) is 6.98. The van der Waals surface area contributed by atoms with E-state index >= 15 is 0 Å². The summed E-state index contributed by atoms with van der Waals surface area (Å²) in [6.45, 7) is 0. The Balaban J connectivity index is 1.98. The summed E-state index contributed by atoms with van der Waals surface area (Å²) >= 11 is 5.68. The quantitative estimate of drug-likeness (QED) is 0.932. The fourth-order valence-corrected chi connectivity index (χ4v) is 3.77. The molecule has 0 atom stereocenters. The van der Waals surface area contributed by atoms with Gasteiger partial charge in [-0.1, -0.05) is 12.1 Å². The van der Waals surface area contributed by atoms with Crippen LogP contribution in [0, 0.1) is 0 Å². The van der Waals surface area contributed by atoms with Gasteiger partial charge in [-0.05, 0) is 36.6 Å². The Labute approximate surface area is 121 Å². The van der Waals surface area contributed by atoms with Crippen molar-refractivity contribution in [2.24, 2.45) is 0 Å². The lowest BCUT2D eigenvalue weighted by molar-refractivity contribution is 0.595. The zero-order valence-electron chi connectivity index (χ0n) is 10.3. The molecule has 6 nitrogen and oxygen atoms in total. The first-order chi connectivity index (χ1) is 9.57. The average Bonchev–Trinajstić information content (AvgIpc) is 3.24. The summed E-state index contributed by atoms with van der Waals surface area (Å²) in [6, 6.07) is 6.70. The minimum absolute atomic E-state index is 0.0463. The van der Waals surface area contributed by atoms with Gasteiger partial charge in [-0.2, -0.15) is 4.98 Å². The minimum atomic E-state index is -3.29. The third-order valence-corrected chi connectivity index (χ3v) is 5.45. The van der Waals surface area contributed by atoms with Crippen LogP contribution < -0.4 is 5.32 Å². The van der Waals surface area contributed by atoms with Crippen molar-refractivity contribution >= 4 is 33.1 Å². The lowest BCUT2D eigenvalue weighted by Gasteiger charge is -2.10. The topological polar surface area (TPSA) is 84.8 Å². The van der Waals surface area contributed by atoms with Gasteiger partial charge in [0.15, 0.2) is 9.84 Å². The standard InChI is InChI=1S/C12H11ClN4O2S/c13-11-14-7-15-12(17-11)16-9-3-1-2-4-10(9)20(18,19)8-5-6-8/h1-4,7-8H,5-6H2,(H,14,15,16,17). The van der Waals surface area contributed by atoms with Gasteiger partial charge in [0.1, 0.15) is 6.33 Å². The number of nitrogens with zero attached hydrogens (tertiary/aromatic N) is 3. The molecule has 3 rings (SSSR count). The second-order valence-electron chi connectivity index (χ2n) is 4.44. The van der Waals surface area contributed by atoms with Crippen LogP contribution in [0.4, 0.5) is 11.6 Å². The Morgan fingerprint density at radius 3 is 2.65 bits per heavy atom. The van der Waals surface area contributed by atoms with E-state index in [1.807, 2.05) is 0 Å². The number of sulfone groups is 1. The van der Waals surface area contributed by atoms with Crippen LogP contribution in [-0.2, 0) is 9.84 Å². The molecule has 2 aromatic rings. The maximum Gasteiger partial charge on any atom is 0.231 e. The van der Waals surface area contributed by atoms with Crippen LogP contribution in [0.3, 0.4) is 0 Å². The number of hydrogen-bond acceptors (Lipinski definition) is 6. The number of hydrogen-bond donors (Lipinski definition) is 1. The van der Waals surface area contributed by atoms with E-state index in [0.717, 1.165) is 0 Å². The van der Waals surface area contributed by atoms with Crippen LogP contribution in [0.15, 0.2) is 35.5 Å². The highest BCUT2D eigenvalue weighted by Gasteiger charge is 2.38. The van der Waals surface area contributed by atoms with Crippen molar-refractivity contribution in [3.05, 3.63) is 35.9 Å². The summed E-state index contributed by atoms with van der Waals surface area (Å²) in [5.74, 6) is 0.212. The Morgan fingerprint density at radius 1 is 1.20 bits per heavy atom. The van der Waals surface area contributed by atoms with Crippen molar-refractivity contribution in [1.82, 2.24) is 15.0 Å². The summed E-state index contributed by atoms with van der Waals surface area (Å²) in [5, 5.41) is 2.65. The Hall–Kier alpha value is -1.73. The van der Waals surface area contributed by atoms with Gasteiger partial charge in [0, 0.05) is 0 Å². The minimum Gasteiger partial charge on any atom is -0.323 e. The molecule has 0 amide bonds. The first kappa shape index (κ1) is 13.3. The number of benzene rings is 1. The van der Waals surface area contributed by atoms with Crippen LogP contribution in [0.5, 0.6) is 0 Å². The molecule has 1 aliphatic carbocycles. The number of rotatable bonds is 4. The molecule has 104 valence electrons. The highest BCUT2D eigenvalue weighted by Crippen LogP contribution is 2.36. The predicted molar refractivity (Wildman–Crippen MR) is 74.8 cm³/mol. The molecule has 1 heterocycles. The van der Waals surface area contributed by atoms with E-state index in [1.165, 1.54) is 6.33 Å². The van der Waals surface area contributed by atoms with Crippen molar-refractivity contribution in [2.75, 3.05) is 5.32 Å². The molecule has 1 fully saturated rings.